The number of aromatic nitrogens is 3. The normalized spacial score (nSPS) is 16.9. The quantitative estimate of drug-likeness (QED) is 0.557. The fourth-order valence-corrected chi connectivity index (χ4v) is 4.72. The number of hydrogen-bond acceptors (Lipinski definition) is 5. The summed E-state index contributed by atoms with van der Waals surface area (Å²) in [5.74, 6) is -0.492. The van der Waals surface area contributed by atoms with Crippen LogP contribution in [0.4, 0.5) is 4.39 Å². The summed E-state index contributed by atoms with van der Waals surface area (Å²) in [6, 6.07) is 7.38. The van der Waals surface area contributed by atoms with E-state index in [1.807, 2.05) is 16.7 Å². The summed E-state index contributed by atoms with van der Waals surface area (Å²) in [5, 5.41) is 5.96. The van der Waals surface area contributed by atoms with Gasteiger partial charge in [0.2, 0.25) is 0 Å². The highest BCUT2D eigenvalue weighted by atomic mass is 32.1. The predicted molar refractivity (Wildman–Crippen MR) is 107 cm³/mol. The molecule has 1 amide bonds. The van der Waals surface area contributed by atoms with Gasteiger partial charge in [-0.2, -0.15) is 0 Å². The Morgan fingerprint density at radius 1 is 1.39 bits per heavy atom. The number of nitrogens with zero attached hydrogens (tertiary/aromatic N) is 3. The van der Waals surface area contributed by atoms with E-state index in [0.717, 1.165) is 40.1 Å². The van der Waals surface area contributed by atoms with Crippen LogP contribution in [0, 0.1) is 5.82 Å². The molecule has 5 rings (SSSR count). The van der Waals surface area contributed by atoms with Gasteiger partial charge < -0.3 is 10.6 Å². The van der Waals surface area contributed by atoms with Gasteiger partial charge in [-0.25, -0.2) is 14.4 Å². The maximum atomic E-state index is 14.8. The number of fused-ring (bicyclic) bond motifs is 3. The van der Waals surface area contributed by atoms with Gasteiger partial charge >= 0.3 is 0 Å². The maximum absolute atomic E-state index is 14.8. The first-order valence-corrected chi connectivity index (χ1v) is 9.98. The van der Waals surface area contributed by atoms with Crippen LogP contribution in [-0.4, -0.2) is 33.9 Å². The molecule has 1 aromatic carbocycles. The van der Waals surface area contributed by atoms with Crippen LogP contribution < -0.4 is 10.6 Å². The van der Waals surface area contributed by atoms with Gasteiger partial charge in [-0.3, -0.25) is 9.20 Å². The standard InChI is InChI=1S/C20H18FN5OS/c1-22-19(27)15-8-18-17(9-24-15)26-10-16(25-20(26)28-18)12-5-4-11(7-13(12)21)14-3-2-6-23-14/h4-5,7-10,14,23H,2-3,6H2,1H3,(H,22,27)/t14-/m0/s1. The summed E-state index contributed by atoms with van der Waals surface area (Å²) >= 11 is 1.45. The van der Waals surface area contributed by atoms with Crippen molar-refractivity contribution in [3.8, 4) is 11.3 Å². The van der Waals surface area contributed by atoms with Gasteiger partial charge in [-0.15, -0.1) is 0 Å². The molecule has 4 aromatic rings. The summed E-state index contributed by atoms with van der Waals surface area (Å²) in [4.78, 5) is 21.3. The maximum Gasteiger partial charge on any atom is 0.269 e. The Hall–Kier alpha value is -2.84. The molecule has 1 saturated heterocycles. The van der Waals surface area contributed by atoms with E-state index in [0.29, 0.717) is 17.0 Å². The molecular formula is C20H18FN5OS. The predicted octanol–water partition coefficient (Wildman–Crippen LogP) is 3.53. The lowest BCUT2D eigenvalue weighted by atomic mass is 10.0. The topological polar surface area (TPSA) is 71.3 Å². The number of benzene rings is 1. The molecule has 0 unspecified atom stereocenters. The number of nitrogens with one attached hydrogen (secondary N) is 2. The Balaban J connectivity index is 1.53. The third kappa shape index (κ3) is 2.76. The van der Waals surface area contributed by atoms with Gasteiger partial charge in [-0.1, -0.05) is 17.4 Å². The Labute approximate surface area is 164 Å². The minimum absolute atomic E-state index is 0.229. The van der Waals surface area contributed by atoms with Crippen molar-refractivity contribution in [2.24, 2.45) is 0 Å². The first kappa shape index (κ1) is 17.3. The van der Waals surface area contributed by atoms with Crippen molar-refractivity contribution >= 4 is 32.4 Å². The minimum atomic E-state index is -0.263. The molecule has 8 heteroatoms. The zero-order valence-electron chi connectivity index (χ0n) is 15.2. The van der Waals surface area contributed by atoms with Gasteiger partial charge in [0.15, 0.2) is 4.96 Å². The van der Waals surface area contributed by atoms with E-state index in [9.17, 15) is 9.18 Å². The molecule has 1 atom stereocenters. The van der Waals surface area contributed by atoms with Crippen LogP contribution in [0.1, 0.15) is 34.9 Å². The van der Waals surface area contributed by atoms with Crippen LogP contribution in [-0.2, 0) is 0 Å². The molecule has 0 radical (unpaired) electrons. The van der Waals surface area contributed by atoms with Gasteiger partial charge in [-0.05, 0) is 43.1 Å². The zero-order valence-corrected chi connectivity index (χ0v) is 16.0. The highest BCUT2D eigenvalue weighted by molar-refractivity contribution is 7.23. The Kier molecular flexibility index (Phi) is 4.10. The van der Waals surface area contributed by atoms with Gasteiger partial charge in [0.1, 0.15) is 11.5 Å². The molecule has 1 aliphatic heterocycles. The number of imidazole rings is 1. The molecule has 0 aliphatic carbocycles. The van der Waals surface area contributed by atoms with Crippen LogP contribution in [0.3, 0.4) is 0 Å². The van der Waals surface area contributed by atoms with Crippen molar-refractivity contribution in [1.82, 2.24) is 25.0 Å². The van der Waals surface area contributed by atoms with Crippen molar-refractivity contribution in [1.29, 1.82) is 0 Å². The van der Waals surface area contributed by atoms with E-state index in [1.54, 1.807) is 31.4 Å². The third-order valence-corrected chi connectivity index (χ3v) is 6.19. The average molecular weight is 395 g/mol. The van der Waals surface area contributed by atoms with Crippen molar-refractivity contribution in [3.63, 3.8) is 0 Å². The Morgan fingerprint density at radius 2 is 2.29 bits per heavy atom. The second-order valence-electron chi connectivity index (χ2n) is 6.89. The summed E-state index contributed by atoms with van der Waals surface area (Å²) in [6.45, 7) is 0.980. The fourth-order valence-electron chi connectivity index (χ4n) is 3.71. The molecule has 6 nitrogen and oxygen atoms in total. The molecule has 142 valence electrons. The summed E-state index contributed by atoms with van der Waals surface area (Å²) < 4.78 is 17.6. The smallest absolute Gasteiger partial charge is 0.269 e. The van der Waals surface area contributed by atoms with E-state index in [-0.39, 0.29) is 17.8 Å². The van der Waals surface area contributed by atoms with Crippen molar-refractivity contribution < 1.29 is 9.18 Å². The fraction of sp³-hybridized carbons (Fsp3) is 0.250. The summed E-state index contributed by atoms with van der Waals surface area (Å²) in [5.41, 5.74) is 3.27. The Morgan fingerprint density at radius 3 is 3.04 bits per heavy atom. The molecule has 0 bridgehead atoms. The highest BCUT2D eigenvalue weighted by Crippen LogP contribution is 2.32. The van der Waals surface area contributed by atoms with Crippen LogP contribution >= 0.6 is 11.3 Å². The first-order valence-electron chi connectivity index (χ1n) is 9.17. The molecule has 0 saturated carbocycles. The molecule has 3 aromatic heterocycles. The lowest BCUT2D eigenvalue weighted by Gasteiger charge is -2.11. The first-order chi connectivity index (χ1) is 13.6. The largest absolute Gasteiger partial charge is 0.354 e. The number of carbonyl (C=O) groups excluding carboxylic acids is 1. The molecule has 4 heterocycles. The minimum Gasteiger partial charge on any atom is -0.354 e. The third-order valence-electron chi connectivity index (χ3n) is 5.17. The van der Waals surface area contributed by atoms with E-state index in [4.69, 9.17) is 0 Å². The van der Waals surface area contributed by atoms with Crippen molar-refractivity contribution in [2.45, 2.75) is 18.9 Å². The second kappa shape index (κ2) is 6.65. The number of carbonyl (C=O) groups is 1. The molecule has 1 fully saturated rings. The van der Waals surface area contributed by atoms with Gasteiger partial charge in [0.05, 0.1) is 22.1 Å². The second-order valence-corrected chi connectivity index (χ2v) is 7.89. The number of thiazole rings is 1. The molecule has 0 spiro atoms. The molecule has 2 N–H and O–H groups in total. The monoisotopic (exact) mass is 395 g/mol. The van der Waals surface area contributed by atoms with E-state index >= 15 is 0 Å². The molecular weight excluding hydrogens is 377 g/mol. The van der Waals surface area contributed by atoms with Crippen molar-refractivity contribution in [3.05, 3.63) is 53.7 Å². The van der Waals surface area contributed by atoms with Gasteiger partial charge in [0, 0.05) is 24.8 Å². The lowest BCUT2D eigenvalue weighted by Crippen LogP contribution is -2.18. The molecule has 1 aliphatic rings. The van der Waals surface area contributed by atoms with E-state index in [2.05, 4.69) is 20.6 Å². The average Bonchev–Trinajstić information content (AvgIpc) is 3.42. The number of amides is 1. The number of hydrogen-bond donors (Lipinski definition) is 2. The summed E-state index contributed by atoms with van der Waals surface area (Å²) in [7, 11) is 1.57. The Bertz CT molecular complexity index is 1210. The van der Waals surface area contributed by atoms with Crippen LogP contribution in [0.25, 0.3) is 26.4 Å². The van der Waals surface area contributed by atoms with Gasteiger partial charge in [0.25, 0.3) is 5.91 Å². The SMILES string of the molecule is CNC(=O)c1cc2sc3nc(-c4ccc([C@@H]5CCCN5)cc4F)cn3c2cn1. The highest BCUT2D eigenvalue weighted by Gasteiger charge is 2.19. The number of rotatable bonds is 3. The van der Waals surface area contributed by atoms with Crippen LogP contribution in [0.2, 0.25) is 0 Å². The van der Waals surface area contributed by atoms with Crippen LogP contribution in [0.15, 0.2) is 36.7 Å². The zero-order chi connectivity index (χ0) is 19.3. The summed E-state index contributed by atoms with van der Waals surface area (Å²) in [6.07, 6.45) is 5.63. The van der Waals surface area contributed by atoms with E-state index < -0.39 is 0 Å². The molecule has 28 heavy (non-hydrogen) atoms. The van der Waals surface area contributed by atoms with E-state index in [1.165, 1.54) is 11.3 Å². The number of pyridine rings is 1. The lowest BCUT2D eigenvalue weighted by molar-refractivity contribution is 0.0958. The van der Waals surface area contributed by atoms with Crippen LogP contribution in [0.5, 0.6) is 0 Å². The van der Waals surface area contributed by atoms with Crippen molar-refractivity contribution in [2.75, 3.05) is 13.6 Å². The number of halogens is 1.